The van der Waals surface area contributed by atoms with E-state index < -0.39 is 0 Å². The van der Waals surface area contributed by atoms with Gasteiger partial charge in [0.2, 0.25) is 0 Å². The second kappa shape index (κ2) is 8.44. The van der Waals surface area contributed by atoms with Crippen molar-refractivity contribution in [2.24, 2.45) is 5.73 Å². The van der Waals surface area contributed by atoms with Crippen molar-refractivity contribution in [3.05, 3.63) is 58.3 Å². The van der Waals surface area contributed by atoms with Gasteiger partial charge in [-0.3, -0.25) is 4.57 Å². The molecule has 0 aliphatic rings. The highest BCUT2D eigenvalue weighted by molar-refractivity contribution is 5.81. The molecule has 3 rings (SSSR count). The number of nitrogens with one attached hydrogen (secondary N) is 2. The number of benzene rings is 1. The van der Waals surface area contributed by atoms with E-state index in [2.05, 4.69) is 26.8 Å². The highest BCUT2D eigenvalue weighted by Gasteiger charge is 2.15. The van der Waals surface area contributed by atoms with Gasteiger partial charge in [0.25, 0.3) is 0 Å². The Morgan fingerprint density at radius 1 is 1.25 bits per heavy atom. The van der Waals surface area contributed by atoms with Crippen molar-refractivity contribution in [3.8, 4) is 6.01 Å². The molecular formula is C18H23N7O3. The van der Waals surface area contributed by atoms with Gasteiger partial charge in [-0.25, -0.2) is 4.79 Å². The van der Waals surface area contributed by atoms with Crippen LogP contribution >= 0.6 is 0 Å². The first-order valence-electron chi connectivity index (χ1n) is 8.61. The molecule has 28 heavy (non-hydrogen) atoms. The Morgan fingerprint density at radius 3 is 2.64 bits per heavy atom. The Hall–Kier alpha value is -3.53. The molecule has 2 aromatic heterocycles. The molecule has 0 spiro atoms. The third-order valence-corrected chi connectivity index (χ3v) is 4.03. The lowest BCUT2D eigenvalue weighted by Crippen LogP contribution is -2.19. The summed E-state index contributed by atoms with van der Waals surface area (Å²) in [5, 5.41) is 2.96. The maximum atomic E-state index is 12.4. The van der Waals surface area contributed by atoms with Crippen molar-refractivity contribution in [1.82, 2.24) is 24.8 Å². The first-order chi connectivity index (χ1) is 13.5. The number of methoxy groups -OCH3 is 1. The van der Waals surface area contributed by atoms with E-state index in [1.165, 1.54) is 4.57 Å². The van der Waals surface area contributed by atoms with Gasteiger partial charge in [0, 0.05) is 13.7 Å². The summed E-state index contributed by atoms with van der Waals surface area (Å²) in [5.41, 5.74) is 13.9. The predicted molar refractivity (Wildman–Crippen MR) is 106 cm³/mol. The molecule has 10 nitrogen and oxygen atoms in total. The minimum atomic E-state index is -0.324. The highest BCUT2D eigenvalue weighted by atomic mass is 16.5. The molecule has 0 amide bonds. The Labute approximate surface area is 161 Å². The number of ether oxygens (including phenoxy) is 2. The van der Waals surface area contributed by atoms with Crippen LogP contribution in [-0.2, 0) is 17.8 Å². The van der Waals surface area contributed by atoms with E-state index in [9.17, 15) is 4.79 Å². The fourth-order valence-electron chi connectivity index (χ4n) is 2.62. The quantitative estimate of drug-likeness (QED) is 0.385. The van der Waals surface area contributed by atoms with E-state index in [1.54, 1.807) is 7.11 Å². The summed E-state index contributed by atoms with van der Waals surface area (Å²) in [6.07, 6.45) is 0. The van der Waals surface area contributed by atoms with E-state index in [0.29, 0.717) is 36.7 Å². The van der Waals surface area contributed by atoms with Gasteiger partial charge in [-0.2, -0.15) is 9.97 Å². The lowest BCUT2D eigenvalue weighted by molar-refractivity contribution is 0.141. The molecule has 10 heteroatoms. The van der Waals surface area contributed by atoms with Crippen molar-refractivity contribution in [1.29, 1.82) is 0 Å². The van der Waals surface area contributed by atoms with Crippen LogP contribution in [0.25, 0.3) is 11.2 Å². The smallest absolute Gasteiger partial charge is 0.328 e. The Morgan fingerprint density at radius 2 is 1.96 bits per heavy atom. The Kier molecular flexibility index (Phi) is 5.80. The number of hydrogen-bond donors (Lipinski definition) is 4. The average molecular weight is 385 g/mol. The summed E-state index contributed by atoms with van der Waals surface area (Å²) in [7, 11) is 1.57. The highest BCUT2D eigenvalue weighted by Crippen LogP contribution is 2.18. The second-order valence-corrected chi connectivity index (χ2v) is 6.14. The number of aromatic nitrogens is 4. The molecule has 0 aliphatic heterocycles. The van der Waals surface area contributed by atoms with Crippen LogP contribution in [0.2, 0.25) is 0 Å². The van der Waals surface area contributed by atoms with Gasteiger partial charge in [-0.05, 0) is 11.1 Å². The first-order valence-corrected chi connectivity index (χ1v) is 8.61. The van der Waals surface area contributed by atoms with E-state index in [1.807, 2.05) is 24.3 Å². The Balaban J connectivity index is 1.84. The third kappa shape index (κ3) is 4.41. The summed E-state index contributed by atoms with van der Waals surface area (Å²) in [4.78, 5) is 23.5. The molecule has 2 heterocycles. The van der Waals surface area contributed by atoms with E-state index in [0.717, 1.165) is 11.1 Å². The topological polar surface area (TPSA) is 146 Å². The van der Waals surface area contributed by atoms with Crippen molar-refractivity contribution >= 4 is 17.0 Å². The van der Waals surface area contributed by atoms with E-state index in [4.69, 9.17) is 20.9 Å². The van der Waals surface area contributed by atoms with Crippen LogP contribution in [-0.4, -0.2) is 39.8 Å². The van der Waals surface area contributed by atoms with E-state index >= 15 is 0 Å². The van der Waals surface area contributed by atoms with Crippen LogP contribution < -0.4 is 27.2 Å². The fraction of sp³-hybridized carbons (Fsp3) is 0.278. The monoisotopic (exact) mass is 385 g/mol. The molecule has 0 saturated carbocycles. The minimum absolute atomic E-state index is 0.0956. The second-order valence-electron chi connectivity index (χ2n) is 6.14. The molecule has 3 aromatic rings. The van der Waals surface area contributed by atoms with Crippen molar-refractivity contribution in [2.45, 2.75) is 13.1 Å². The number of anilines is 1. The van der Waals surface area contributed by atoms with Crippen LogP contribution in [0.3, 0.4) is 0 Å². The largest absolute Gasteiger partial charge is 0.461 e. The normalized spacial score (nSPS) is 10.9. The van der Waals surface area contributed by atoms with Gasteiger partial charge in [0.05, 0.1) is 19.0 Å². The van der Waals surface area contributed by atoms with Crippen LogP contribution in [0.5, 0.6) is 6.01 Å². The molecular weight excluding hydrogens is 362 g/mol. The predicted octanol–water partition coefficient (Wildman–Crippen LogP) is 0.295. The van der Waals surface area contributed by atoms with Crippen molar-refractivity contribution < 1.29 is 9.47 Å². The third-order valence-electron chi connectivity index (χ3n) is 4.03. The number of aromatic amines is 1. The number of H-pyrrole nitrogens is 1. The number of hydrogen-bond acceptors (Lipinski definition) is 8. The zero-order valence-electron chi connectivity index (χ0n) is 15.6. The molecule has 0 unspecified atom stereocenters. The van der Waals surface area contributed by atoms with Crippen molar-refractivity contribution in [2.75, 3.05) is 26.1 Å². The maximum Gasteiger partial charge on any atom is 0.328 e. The van der Waals surface area contributed by atoms with Crippen LogP contribution in [0, 0.1) is 0 Å². The van der Waals surface area contributed by atoms with Crippen LogP contribution in [0.4, 0.5) is 5.82 Å². The van der Waals surface area contributed by atoms with Gasteiger partial charge in [0.15, 0.2) is 11.5 Å². The first kappa shape index (κ1) is 19.2. The number of fused-ring (bicyclic) bond motifs is 1. The summed E-state index contributed by atoms with van der Waals surface area (Å²) >= 11 is 0. The molecule has 6 N–H and O–H groups in total. The molecule has 0 atom stereocenters. The summed E-state index contributed by atoms with van der Waals surface area (Å²) in [6.45, 7) is 5.17. The lowest BCUT2D eigenvalue weighted by atomic mass is 10.1. The van der Waals surface area contributed by atoms with E-state index in [-0.39, 0.29) is 24.1 Å². The van der Waals surface area contributed by atoms with Gasteiger partial charge in [-0.1, -0.05) is 30.8 Å². The number of rotatable bonds is 9. The minimum Gasteiger partial charge on any atom is -0.461 e. The van der Waals surface area contributed by atoms with Crippen LogP contribution in [0.15, 0.2) is 41.5 Å². The van der Waals surface area contributed by atoms with Gasteiger partial charge >= 0.3 is 11.7 Å². The molecule has 0 saturated heterocycles. The number of nitrogen functional groups attached to an aromatic ring is 1. The summed E-state index contributed by atoms with van der Waals surface area (Å²) in [6, 6.07) is 7.87. The summed E-state index contributed by atoms with van der Waals surface area (Å²) in [5.74, 6) is 0.562. The Bertz CT molecular complexity index is 1020. The molecule has 148 valence electrons. The number of nitrogens with zero attached hydrogens (tertiary/aromatic N) is 3. The molecule has 1 aromatic carbocycles. The molecule has 0 fully saturated rings. The summed E-state index contributed by atoms with van der Waals surface area (Å²) < 4.78 is 11.9. The van der Waals surface area contributed by atoms with Gasteiger partial charge < -0.3 is 31.2 Å². The molecule has 0 radical (unpaired) electrons. The van der Waals surface area contributed by atoms with Gasteiger partial charge in [-0.15, -0.1) is 0 Å². The lowest BCUT2D eigenvalue weighted by Gasteiger charge is -2.08. The standard InChI is InChI=1S/C18H23N7O3/c1-11(19)21-9-12-3-5-13(6-4-12)10-25-16-14(22-18(25)26)15(20)23-17(24-16)28-8-7-27-2/h3-6,21H,1,7-10,19H2,2H3,(H,22,26)(H2,20,23,24). The van der Waals surface area contributed by atoms with Crippen LogP contribution in [0.1, 0.15) is 11.1 Å². The molecule has 0 bridgehead atoms. The maximum absolute atomic E-state index is 12.4. The zero-order chi connectivity index (χ0) is 20.1. The number of imidazole rings is 1. The zero-order valence-corrected chi connectivity index (χ0v) is 15.6. The van der Waals surface area contributed by atoms with Crippen molar-refractivity contribution in [3.63, 3.8) is 0 Å². The fourth-order valence-corrected chi connectivity index (χ4v) is 2.62. The number of nitrogens with two attached hydrogens (primary N) is 2. The molecule has 0 aliphatic carbocycles. The SMILES string of the molecule is C=C(N)NCc1ccc(Cn2c(=O)[nH]c3c(N)nc(OCCOC)nc32)cc1. The average Bonchev–Trinajstić information content (AvgIpc) is 2.98. The van der Waals surface area contributed by atoms with Gasteiger partial charge in [0.1, 0.15) is 12.1 Å².